The summed E-state index contributed by atoms with van der Waals surface area (Å²) in [5.41, 5.74) is 3.96. The SMILES string of the molecule is O=C1CC(CCl)CN1c1ccc2c(c1)CCCC2. The Kier molecular flexibility index (Phi) is 3.29. The second-order valence-corrected chi connectivity index (χ2v) is 5.70. The predicted octanol–water partition coefficient (Wildman–Crippen LogP) is 3.16. The van der Waals surface area contributed by atoms with Crippen LogP contribution in [0.4, 0.5) is 5.69 Å². The van der Waals surface area contributed by atoms with E-state index in [0.29, 0.717) is 18.2 Å². The van der Waals surface area contributed by atoms with Crippen molar-refractivity contribution in [3.63, 3.8) is 0 Å². The van der Waals surface area contributed by atoms with Gasteiger partial charge in [0.05, 0.1) is 0 Å². The molecule has 1 aromatic rings. The Labute approximate surface area is 113 Å². The number of carbonyl (C=O) groups is 1. The summed E-state index contributed by atoms with van der Waals surface area (Å²) >= 11 is 5.86. The van der Waals surface area contributed by atoms with Crippen molar-refractivity contribution in [2.45, 2.75) is 32.1 Å². The van der Waals surface area contributed by atoms with Gasteiger partial charge in [-0.2, -0.15) is 0 Å². The number of hydrogen-bond donors (Lipinski definition) is 0. The number of hydrogen-bond acceptors (Lipinski definition) is 1. The first-order chi connectivity index (χ1) is 8.78. The number of rotatable bonds is 2. The fourth-order valence-corrected chi connectivity index (χ4v) is 3.23. The molecular weight excluding hydrogens is 246 g/mol. The van der Waals surface area contributed by atoms with E-state index in [4.69, 9.17) is 11.6 Å². The highest BCUT2D eigenvalue weighted by molar-refractivity contribution is 6.18. The Morgan fingerprint density at radius 2 is 2.00 bits per heavy atom. The molecule has 0 saturated carbocycles. The average Bonchev–Trinajstić information content (AvgIpc) is 2.79. The fraction of sp³-hybridized carbons (Fsp3) is 0.533. The summed E-state index contributed by atoms with van der Waals surface area (Å²) in [5, 5.41) is 0. The molecular formula is C15H18ClNO. The molecule has 1 unspecified atom stereocenters. The van der Waals surface area contributed by atoms with Crippen LogP contribution in [-0.2, 0) is 17.6 Å². The van der Waals surface area contributed by atoms with Gasteiger partial charge < -0.3 is 4.90 Å². The highest BCUT2D eigenvalue weighted by Crippen LogP contribution is 2.30. The van der Waals surface area contributed by atoms with Crippen LogP contribution in [-0.4, -0.2) is 18.3 Å². The lowest BCUT2D eigenvalue weighted by molar-refractivity contribution is -0.117. The van der Waals surface area contributed by atoms with E-state index in [1.54, 1.807) is 0 Å². The molecule has 18 heavy (non-hydrogen) atoms. The van der Waals surface area contributed by atoms with Crippen molar-refractivity contribution in [2.75, 3.05) is 17.3 Å². The minimum absolute atomic E-state index is 0.219. The Morgan fingerprint density at radius 1 is 1.22 bits per heavy atom. The number of amides is 1. The van der Waals surface area contributed by atoms with Crippen molar-refractivity contribution < 1.29 is 4.79 Å². The zero-order valence-corrected chi connectivity index (χ0v) is 11.2. The van der Waals surface area contributed by atoms with Crippen molar-refractivity contribution in [3.05, 3.63) is 29.3 Å². The van der Waals surface area contributed by atoms with Gasteiger partial charge in [0.2, 0.25) is 5.91 Å². The Hall–Kier alpha value is -1.02. The number of carbonyl (C=O) groups excluding carboxylic acids is 1. The van der Waals surface area contributed by atoms with Gasteiger partial charge in [-0.1, -0.05) is 6.07 Å². The summed E-state index contributed by atoms with van der Waals surface area (Å²) in [6.07, 6.45) is 5.51. The van der Waals surface area contributed by atoms with E-state index in [-0.39, 0.29) is 5.91 Å². The molecule has 1 amide bonds. The molecule has 1 atom stereocenters. The maximum absolute atomic E-state index is 12.0. The average molecular weight is 264 g/mol. The summed E-state index contributed by atoms with van der Waals surface area (Å²) in [6.45, 7) is 0.779. The smallest absolute Gasteiger partial charge is 0.227 e. The van der Waals surface area contributed by atoms with Gasteiger partial charge in [0.15, 0.2) is 0 Å². The number of alkyl halides is 1. The predicted molar refractivity (Wildman–Crippen MR) is 74.3 cm³/mol. The first kappa shape index (κ1) is 12.0. The van der Waals surface area contributed by atoms with Crippen molar-refractivity contribution in [2.24, 2.45) is 5.92 Å². The van der Waals surface area contributed by atoms with Crippen molar-refractivity contribution >= 4 is 23.2 Å². The molecule has 2 aliphatic rings. The normalized spacial score (nSPS) is 23.3. The van der Waals surface area contributed by atoms with Crippen LogP contribution in [0.1, 0.15) is 30.4 Å². The lowest BCUT2D eigenvalue weighted by Gasteiger charge is -2.21. The van der Waals surface area contributed by atoms with Crippen LogP contribution in [0, 0.1) is 5.92 Å². The second kappa shape index (κ2) is 4.93. The molecule has 0 aromatic heterocycles. The van der Waals surface area contributed by atoms with Gasteiger partial charge in [0.1, 0.15) is 0 Å². The zero-order chi connectivity index (χ0) is 12.5. The summed E-state index contributed by atoms with van der Waals surface area (Å²) in [6, 6.07) is 6.51. The number of aryl methyl sites for hydroxylation is 2. The molecule has 3 heteroatoms. The van der Waals surface area contributed by atoms with Gasteiger partial charge in [0.25, 0.3) is 0 Å². The number of fused-ring (bicyclic) bond motifs is 1. The van der Waals surface area contributed by atoms with Crippen molar-refractivity contribution in [1.29, 1.82) is 0 Å². The third-order valence-electron chi connectivity index (χ3n) is 4.07. The molecule has 96 valence electrons. The number of benzene rings is 1. The largest absolute Gasteiger partial charge is 0.312 e. The highest BCUT2D eigenvalue weighted by Gasteiger charge is 2.30. The van der Waals surface area contributed by atoms with Gasteiger partial charge in [-0.05, 0) is 54.9 Å². The van der Waals surface area contributed by atoms with Crippen LogP contribution in [0.5, 0.6) is 0 Å². The standard InChI is InChI=1S/C15H18ClNO/c16-9-11-7-15(18)17(10-11)14-6-5-12-3-1-2-4-13(12)8-14/h5-6,8,11H,1-4,7,9-10H2. The zero-order valence-electron chi connectivity index (χ0n) is 10.5. The molecule has 0 spiro atoms. The minimum atomic E-state index is 0.219. The van der Waals surface area contributed by atoms with E-state index in [1.807, 2.05) is 4.90 Å². The topological polar surface area (TPSA) is 20.3 Å². The third kappa shape index (κ3) is 2.14. The van der Waals surface area contributed by atoms with Gasteiger partial charge >= 0.3 is 0 Å². The van der Waals surface area contributed by atoms with Gasteiger partial charge in [-0.15, -0.1) is 11.6 Å². The van der Waals surface area contributed by atoms with E-state index in [1.165, 1.54) is 30.4 Å². The first-order valence-electron chi connectivity index (χ1n) is 6.76. The van der Waals surface area contributed by atoms with Gasteiger partial charge in [-0.25, -0.2) is 0 Å². The molecule has 2 nitrogen and oxygen atoms in total. The lowest BCUT2D eigenvalue weighted by atomic mass is 9.91. The van der Waals surface area contributed by atoms with Crippen LogP contribution in [0.3, 0.4) is 0 Å². The summed E-state index contributed by atoms with van der Waals surface area (Å²) in [4.78, 5) is 13.9. The molecule has 1 saturated heterocycles. The molecule has 1 aromatic carbocycles. The fourth-order valence-electron chi connectivity index (χ4n) is 3.02. The molecule has 1 heterocycles. The minimum Gasteiger partial charge on any atom is -0.312 e. The molecule has 0 radical (unpaired) electrons. The van der Waals surface area contributed by atoms with Gasteiger partial charge in [-0.3, -0.25) is 4.79 Å². The van der Waals surface area contributed by atoms with E-state index in [2.05, 4.69) is 18.2 Å². The van der Waals surface area contributed by atoms with Crippen molar-refractivity contribution in [3.8, 4) is 0 Å². The first-order valence-corrected chi connectivity index (χ1v) is 7.29. The van der Waals surface area contributed by atoms with Crippen LogP contribution in [0.2, 0.25) is 0 Å². The number of anilines is 1. The molecule has 0 N–H and O–H groups in total. The number of nitrogens with zero attached hydrogens (tertiary/aromatic N) is 1. The van der Waals surface area contributed by atoms with Gasteiger partial charge in [0, 0.05) is 24.5 Å². The quantitative estimate of drug-likeness (QED) is 0.751. The van der Waals surface area contributed by atoms with Crippen LogP contribution in [0.15, 0.2) is 18.2 Å². The van der Waals surface area contributed by atoms with E-state index in [0.717, 1.165) is 18.7 Å². The molecule has 0 bridgehead atoms. The molecule has 1 fully saturated rings. The Morgan fingerprint density at radius 3 is 2.72 bits per heavy atom. The molecule has 3 rings (SSSR count). The lowest BCUT2D eigenvalue weighted by Crippen LogP contribution is -2.25. The molecule has 1 aliphatic heterocycles. The van der Waals surface area contributed by atoms with Crippen LogP contribution < -0.4 is 4.90 Å². The van der Waals surface area contributed by atoms with E-state index in [9.17, 15) is 4.79 Å². The highest BCUT2D eigenvalue weighted by atomic mass is 35.5. The number of halogens is 1. The second-order valence-electron chi connectivity index (χ2n) is 5.39. The Bertz CT molecular complexity index is 472. The van der Waals surface area contributed by atoms with Crippen LogP contribution in [0.25, 0.3) is 0 Å². The summed E-state index contributed by atoms with van der Waals surface area (Å²) < 4.78 is 0. The Balaban J connectivity index is 1.86. The van der Waals surface area contributed by atoms with E-state index >= 15 is 0 Å². The summed E-state index contributed by atoms with van der Waals surface area (Å²) in [5.74, 6) is 1.11. The van der Waals surface area contributed by atoms with Crippen molar-refractivity contribution in [1.82, 2.24) is 0 Å². The van der Waals surface area contributed by atoms with E-state index < -0.39 is 0 Å². The third-order valence-corrected chi connectivity index (χ3v) is 4.50. The molecule has 1 aliphatic carbocycles. The maximum atomic E-state index is 12.0. The van der Waals surface area contributed by atoms with Crippen LogP contribution >= 0.6 is 11.6 Å². The monoisotopic (exact) mass is 263 g/mol. The summed E-state index contributed by atoms with van der Waals surface area (Å²) in [7, 11) is 0. The maximum Gasteiger partial charge on any atom is 0.227 e.